The van der Waals surface area contributed by atoms with Gasteiger partial charge < -0.3 is 9.64 Å². The Balaban J connectivity index is 2.88. The van der Waals surface area contributed by atoms with Gasteiger partial charge in [-0.25, -0.2) is 4.98 Å². The number of halogens is 4. The highest BCUT2D eigenvalue weighted by molar-refractivity contribution is 9.09. The summed E-state index contributed by atoms with van der Waals surface area (Å²) < 4.78 is 42.1. The topological polar surface area (TPSA) is 25.4 Å². The smallest absolute Gasteiger partial charge is 0.405 e. The van der Waals surface area contributed by atoms with E-state index in [4.69, 9.17) is 4.74 Å². The molecule has 96 valence electrons. The normalized spacial score (nSPS) is 11.4. The van der Waals surface area contributed by atoms with E-state index in [1.54, 1.807) is 0 Å². The van der Waals surface area contributed by atoms with Gasteiger partial charge >= 0.3 is 6.18 Å². The summed E-state index contributed by atoms with van der Waals surface area (Å²) in [7, 11) is 1.42. The first-order valence-electron chi connectivity index (χ1n) is 4.84. The summed E-state index contributed by atoms with van der Waals surface area (Å²) in [6.07, 6.45) is -2.82. The maximum Gasteiger partial charge on any atom is 0.405 e. The minimum absolute atomic E-state index is 0.257. The number of methoxy groups -OCH3 is 1. The third kappa shape index (κ3) is 4.80. The minimum atomic E-state index is -4.24. The Hall–Kier alpha value is -0.980. The Morgan fingerprint density at radius 2 is 2.18 bits per heavy atom. The summed E-state index contributed by atoms with van der Waals surface area (Å²) in [4.78, 5) is 5.08. The van der Waals surface area contributed by atoms with Gasteiger partial charge in [-0.05, 0) is 6.07 Å². The number of hydrogen-bond acceptors (Lipinski definition) is 3. The van der Waals surface area contributed by atoms with Crippen molar-refractivity contribution in [3.63, 3.8) is 0 Å². The molecule has 0 aliphatic heterocycles. The number of anilines is 1. The summed E-state index contributed by atoms with van der Waals surface area (Å²) in [6, 6.07) is 3.01. The number of hydrogen-bond donors (Lipinski definition) is 0. The standard InChI is InChI=1S/C10H12BrF3N2O/c1-17-9-6-8(2-4-15-9)16(5-3-11)7-10(12,13)14/h2,4,6H,3,5,7H2,1H3. The lowest BCUT2D eigenvalue weighted by atomic mass is 10.3. The van der Waals surface area contributed by atoms with Gasteiger partial charge in [0.25, 0.3) is 0 Å². The molecule has 0 fully saturated rings. The minimum Gasteiger partial charge on any atom is -0.481 e. The SMILES string of the molecule is COc1cc(N(CCBr)CC(F)(F)F)ccn1. The molecule has 0 atom stereocenters. The fraction of sp³-hybridized carbons (Fsp3) is 0.500. The maximum atomic E-state index is 12.4. The Morgan fingerprint density at radius 1 is 1.47 bits per heavy atom. The summed E-state index contributed by atoms with van der Waals surface area (Å²) in [6.45, 7) is -0.738. The molecule has 0 bridgehead atoms. The lowest BCUT2D eigenvalue weighted by molar-refractivity contribution is -0.119. The monoisotopic (exact) mass is 312 g/mol. The molecule has 1 rings (SSSR count). The van der Waals surface area contributed by atoms with E-state index >= 15 is 0 Å². The third-order valence-electron chi connectivity index (χ3n) is 2.02. The van der Waals surface area contributed by atoms with Crippen molar-refractivity contribution in [3.8, 4) is 5.88 Å². The zero-order chi connectivity index (χ0) is 12.9. The van der Waals surface area contributed by atoms with Crippen LogP contribution in [-0.4, -0.2) is 36.7 Å². The number of ether oxygens (including phenoxy) is 1. The molecular formula is C10H12BrF3N2O. The first-order chi connectivity index (χ1) is 7.96. The van der Waals surface area contributed by atoms with Gasteiger partial charge in [0.2, 0.25) is 5.88 Å². The van der Waals surface area contributed by atoms with Crippen molar-refractivity contribution in [2.75, 3.05) is 30.4 Å². The number of alkyl halides is 4. The van der Waals surface area contributed by atoms with Gasteiger partial charge in [0.1, 0.15) is 6.54 Å². The average molecular weight is 313 g/mol. The zero-order valence-electron chi connectivity index (χ0n) is 9.17. The molecule has 1 aromatic heterocycles. The molecule has 7 heteroatoms. The van der Waals surface area contributed by atoms with Crippen molar-refractivity contribution in [2.45, 2.75) is 6.18 Å². The summed E-state index contributed by atoms with van der Waals surface area (Å²) >= 11 is 3.13. The van der Waals surface area contributed by atoms with Crippen molar-refractivity contribution >= 4 is 21.6 Å². The Morgan fingerprint density at radius 3 is 2.71 bits per heavy atom. The molecule has 0 radical (unpaired) electrons. The first-order valence-corrected chi connectivity index (χ1v) is 5.96. The molecule has 0 N–H and O–H groups in total. The molecular weight excluding hydrogens is 301 g/mol. The van der Waals surface area contributed by atoms with Crippen LogP contribution in [0.3, 0.4) is 0 Å². The van der Waals surface area contributed by atoms with Gasteiger partial charge in [0.05, 0.1) is 7.11 Å². The quantitative estimate of drug-likeness (QED) is 0.782. The summed E-state index contributed by atoms with van der Waals surface area (Å²) in [5.74, 6) is 0.296. The second-order valence-electron chi connectivity index (χ2n) is 3.28. The Labute approximate surface area is 106 Å². The number of pyridine rings is 1. The van der Waals surface area contributed by atoms with Crippen LogP contribution < -0.4 is 9.64 Å². The summed E-state index contributed by atoms with van der Waals surface area (Å²) in [5.41, 5.74) is 0.439. The van der Waals surface area contributed by atoms with Gasteiger partial charge in [0, 0.05) is 29.8 Å². The molecule has 3 nitrogen and oxygen atoms in total. The lowest BCUT2D eigenvalue weighted by Crippen LogP contribution is -2.35. The van der Waals surface area contributed by atoms with Gasteiger partial charge in [-0.15, -0.1) is 0 Å². The van der Waals surface area contributed by atoms with E-state index in [0.717, 1.165) is 0 Å². The predicted octanol–water partition coefficient (Wildman–Crippen LogP) is 2.85. The highest BCUT2D eigenvalue weighted by Gasteiger charge is 2.30. The van der Waals surface area contributed by atoms with E-state index in [1.165, 1.54) is 30.3 Å². The van der Waals surface area contributed by atoms with Gasteiger partial charge in [-0.2, -0.15) is 13.2 Å². The van der Waals surface area contributed by atoms with Crippen molar-refractivity contribution in [1.82, 2.24) is 4.98 Å². The Kier molecular flexibility index (Phi) is 5.04. The van der Waals surface area contributed by atoms with Gasteiger partial charge in [-0.1, -0.05) is 15.9 Å². The average Bonchev–Trinajstić information content (AvgIpc) is 2.27. The molecule has 0 amide bonds. The zero-order valence-corrected chi connectivity index (χ0v) is 10.8. The highest BCUT2D eigenvalue weighted by atomic mass is 79.9. The summed E-state index contributed by atoms with van der Waals surface area (Å²) in [5, 5.41) is 0.452. The molecule has 0 aliphatic carbocycles. The van der Waals surface area contributed by atoms with E-state index in [2.05, 4.69) is 20.9 Å². The van der Waals surface area contributed by atoms with Crippen LogP contribution in [0.1, 0.15) is 0 Å². The second kappa shape index (κ2) is 6.09. The molecule has 0 saturated heterocycles. The van der Waals surface area contributed by atoms with E-state index in [9.17, 15) is 13.2 Å². The molecule has 1 heterocycles. The van der Waals surface area contributed by atoms with E-state index in [0.29, 0.717) is 16.9 Å². The molecule has 17 heavy (non-hydrogen) atoms. The van der Waals surface area contributed by atoms with Crippen LogP contribution in [0.25, 0.3) is 0 Å². The molecule has 0 aromatic carbocycles. The molecule has 0 saturated carbocycles. The number of rotatable bonds is 5. The highest BCUT2D eigenvalue weighted by Crippen LogP contribution is 2.24. The number of aromatic nitrogens is 1. The van der Waals surface area contributed by atoms with Crippen molar-refractivity contribution in [2.24, 2.45) is 0 Å². The largest absolute Gasteiger partial charge is 0.481 e. The van der Waals surface area contributed by atoms with Crippen LogP contribution in [0.4, 0.5) is 18.9 Å². The van der Waals surface area contributed by atoms with Crippen LogP contribution in [0.2, 0.25) is 0 Å². The molecule has 0 aliphatic rings. The van der Waals surface area contributed by atoms with Crippen LogP contribution in [0, 0.1) is 0 Å². The Bertz CT molecular complexity index is 360. The van der Waals surface area contributed by atoms with Crippen LogP contribution in [-0.2, 0) is 0 Å². The molecule has 0 spiro atoms. The predicted molar refractivity (Wildman–Crippen MR) is 62.9 cm³/mol. The lowest BCUT2D eigenvalue weighted by Gasteiger charge is -2.25. The van der Waals surface area contributed by atoms with Crippen LogP contribution >= 0.6 is 15.9 Å². The fourth-order valence-corrected chi connectivity index (χ4v) is 1.75. The van der Waals surface area contributed by atoms with Crippen molar-refractivity contribution in [1.29, 1.82) is 0 Å². The molecule has 1 aromatic rings. The van der Waals surface area contributed by atoms with E-state index < -0.39 is 12.7 Å². The molecule has 0 unspecified atom stereocenters. The fourth-order valence-electron chi connectivity index (χ4n) is 1.33. The van der Waals surface area contributed by atoms with Crippen molar-refractivity contribution < 1.29 is 17.9 Å². The number of nitrogens with zero attached hydrogens (tertiary/aromatic N) is 2. The van der Waals surface area contributed by atoms with Gasteiger partial charge in [0.15, 0.2) is 0 Å². The maximum absolute atomic E-state index is 12.4. The van der Waals surface area contributed by atoms with Gasteiger partial charge in [-0.3, -0.25) is 0 Å². The van der Waals surface area contributed by atoms with Crippen molar-refractivity contribution in [3.05, 3.63) is 18.3 Å². The third-order valence-corrected chi connectivity index (χ3v) is 2.37. The van der Waals surface area contributed by atoms with Crippen LogP contribution in [0.15, 0.2) is 18.3 Å². The second-order valence-corrected chi connectivity index (χ2v) is 4.08. The van der Waals surface area contributed by atoms with Crippen LogP contribution in [0.5, 0.6) is 5.88 Å². The first kappa shape index (κ1) is 14.1. The van der Waals surface area contributed by atoms with E-state index in [-0.39, 0.29) is 6.54 Å². The van der Waals surface area contributed by atoms with E-state index in [1.807, 2.05) is 0 Å².